The fourth-order valence-corrected chi connectivity index (χ4v) is 1.34. The molecule has 0 aliphatic carbocycles. The third-order valence-electron chi connectivity index (χ3n) is 1.50. The molecule has 1 rings (SSSR count). The van der Waals surface area contributed by atoms with Gasteiger partial charge in [-0.15, -0.1) is 0 Å². The summed E-state index contributed by atoms with van der Waals surface area (Å²) in [7, 11) is 2.15. The minimum atomic E-state index is 1.12. The average molecular weight is 236 g/mol. The summed E-state index contributed by atoms with van der Waals surface area (Å²) in [6, 6.07) is 0. The van der Waals surface area contributed by atoms with Crippen LogP contribution in [0.2, 0.25) is 0 Å². The molecule has 0 bridgehead atoms. The largest absolute Gasteiger partial charge is 0.231 e. The number of hydrogen-bond donors (Lipinski definition) is 0. The van der Waals surface area contributed by atoms with E-state index >= 15 is 0 Å². The first-order chi connectivity index (χ1) is 4.30. The molecule has 0 saturated heterocycles. The van der Waals surface area contributed by atoms with Crippen LogP contribution < -0.4 is 0 Å². The molecule has 2 heteroatoms. The van der Waals surface area contributed by atoms with Crippen molar-refractivity contribution in [2.24, 2.45) is 0 Å². The maximum atomic E-state index is 2.40. The summed E-state index contributed by atoms with van der Waals surface area (Å²) in [6.07, 6.45) is 6.81. The van der Waals surface area contributed by atoms with E-state index in [2.05, 4.69) is 46.4 Å². The lowest BCUT2D eigenvalue weighted by Gasteiger charge is -1.92. The van der Waals surface area contributed by atoms with Crippen LogP contribution in [0, 0.1) is 0 Å². The van der Waals surface area contributed by atoms with Crippen LogP contribution in [0.1, 0.15) is 12.8 Å². The van der Waals surface area contributed by atoms with Gasteiger partial charge >= 0.3 is 0 Å². The minimum absolute atomic E-state index is 1.12. The van der Waals surface area contributed by atoms with E-state index in [0.717, 1.165) is 6.42 Å². The molecule has 0 atom stereocenters. The second-order valence-corrected chi connectivity index (χ2v) is 3.51. The zero-order valence-corrected chi connectivity index (χ0v) is 7.76. The van der Waals surface area contributed by atoms with Crippen molar-refractivity contribution in [2.45, 2.75) is 12.8 Å². The summed E-state index contributed by atoms with van der Waals surface area (Å²) in [5.74, 6) is 0. The smallest absolute Gasteiger partial charge is 0.215 e. The van der Waals surface area contributed by atoms with Crippen molar-refractivity contribution >= 4 is 26.3 Å². The summed E-state index contributed by atoms with van der Waals surface area (Å²) in [5, 5.41) is 0. The maximum Gasteiger partial charge on any atom is 0.215 e. The Kier molecular flexibility index (Phi) is 2.69. The highest BCUT2D eigenvalue weighted by Crippen LogP contribution is 2.02. The van der Waals surface area contributed by atoms with Crippen molar-refractivity contribution in [3.8, 4) is 0 Å². The van der Waals surface area contributed by atoms with E-state index in [1.807, 2.05) is 0 Å². The second-order valence-electron chi connectivity index (χ2n) is 2.26. The normalized spacial score (nSPS) is 20.2. The summed E-state index contributed by atoms with van der Waals surface area (Å²) < 4.78 is 3.75. The van der Waals surface area contributed by atoms with E-state index in [0.29, 0.717) is 0 Å². The second kappa shape index (κ2) is 3.34. The molecule has 0 aromatic rings. The van der Waals surface area contributed by atoms with E-state index in [1.165, 1.54) is 16.7 Å². The van der Waals surface area contributed by atoms with Crippen LogP contribution in [-0.2, 0) is 0 Å². The predicted molar refractivity (Wildman–Crippen MR) is 48.5 cm³/mol. The highest BCUT2D eigenvalue weighted by Gasteiger charge is 2.05. The molecule has 0 N–H and O–H groups in total. The lowest BCUT2D eigenvalue weighted by molar-refractivity contribution is -0.492. The van der Waals surface area contributed by atoms with E-state index in [9.17, 15) is 0 Å². The van der Waals surface area contributed by atoms with Gasteiger partial charge in [-0.1, -0.05) is 12.2 Å². The van der Waals surface area contributed by atoms with Gasteiger partial charge in [-0.25, -0.2) is 4.58 Å². The summed E-state index contributed by atoms with van der Waals surface area (Å²) in [5.41, 5.74) is 0. The molecule has 1 heterocycles. The van der Waals surface area contributed by atoms with Crippen LogP contribution in [-0.4, -0.2) is 21.9 Å². The first-order valence-corrected chi connectivity index (χ1v) is 4.26. The first kappa shape index (κ1) is 7.25. The van der Waals surface area contributed by atoms with Gasteiger partial charge in [-0.2, -0.15) is 0 Å². The Balaban J connectivity index is 2.67. The van der Waals surface area contributed by atoms with Crippen molar-refractivity contribution in [3.63, 3.8) is 0 Å². The monoisotopic (exact) mass is 236 g/mol. The molecular formula is C7H11IN+. The summed E-state index contributed by atoms with van der Waals surface area (Å²) >= 11 is 2.40. The highest BCUT2D eigenvalue weighted by atomic mass is 127. The predicted octanol–water partition coefficient (Wildman–Crippen LogP) is 1.81. The number of allylic oxidation sites excluding steroid dienone is 1. The van der Waals surface area contributed by atoms with Crippen LogP contribution in [0.15, 0.2) is 12.2 Å². The maximum absolute atomic E-state index is 2.40. The minimum Gasteiger partial charge on any atom is -0.231 e. The van der Waals surface area contributed by atoms with Crippen LogP contribution in [0.3, 0.4) is 0 Å². The van der Waals surface area contributed by atoms with Crippen LogP contribution >= 0.6 is 22.6 Å². The van der Waals surface area contributed by atoms with Gasteiger partial charge < -0.3 is 0 Å². The van der Waals surface area contributed by atoms with E-state index < -0.39 is 0 Å². The molecule has 0 saturated carbocycles. The molecule has 0 aromatic heterocycles. The zero-order valence-electron chi connectivity index (χ0n) is 5.60. The van der Waals surface area contributed by atoms with Crippen LogP contribution in [0.25, 0.3) is 0 Å². The number of rotatable bonds is 0. The Morgan fingerprint density at radius 2 is 2.33 bits per heavy atom. The van der Waals surface area contributed by atoms with Gasteiger partial charge in [0.2, 0.25) is 3.72 Å². The van der Waals surface area contributed by atoms with Crippen LogP contribution in [0.5, 0.6) is 0 Å². The van der Waals surface area contributed by atoms with Crippen molar-refractivity contribution in [1.29, 1.82) is 0 Å². The van der Waals surface area contributed by atoms with E-state index in [-0.39, 0.29) is 0 Å². The lowest BCUT2D eigenvalue weighted by atomic mass is 10.3. The van der Waals surface area contributed by atoms with Gasteiger partial charge in [0.1, 0.15) is 13.6 Å². The molecule has 1 nitrogen and oxygen atoms in total. The molecular weight excluding hydrogens is 225 g/mol. The standard InChI is InChI=1S/C7H11IN/c1-9-6-4-2-3-5-7(9)8/h2-3H,4-6H2,1H3/q+1. The number of nitrogens with zero attached hydrogens (tertiary/aromatic N) is 1. The van der Waals surface area contributed by atoms with Crippen LogP contribution in [0.4, 0.5) is 0 Å². The Morgan fingerprint density at radius 3 is 3.11 bits per heavy atom. The molecule has 0 unspecified atom stereocenters. The third-order valence-corrected chi connectivity index (χ3v) is 2.76. The quantitative estimate of drug-likeness (QED) is 0.343. The van der Waals surface area contributed by atoms with Gasteiger partial charge in [0.25, 0.3) is 0 Å². The molecule has 1 aliphatic heterocycles. The first-order valence-electron chi connectivity index (χ1n) is 3.18. The fraction of sp³-hybridized carbons (Fsp3) is 0.571. The van der Waals surface area contributed by atoms with E-state index in [1.54, 1.807) is 0 Å². The molecule has 50 valence electrons. The molecule has 0 fully saturated rings. The molecule has 1 aliphatic rings. The molecule has 0 spiro atoms. The Morgan fingerprint density at radius 1 is 1.56 bits per heavy atom. The fourth-order valence-electron chi connectivity index (χ4n) is 0.844. The number of hydrogen-bond acceptors (Lipinski definition) is 0. The van der Waals surface area contributed by atoms with Gasteiger partial charge in [-0.3, -0.25) is 0 Å². The van der Waals surface area contributed by atoms with Crippen molar-refractivity contribution in [2.75, 3.05) is 13.6 Å². The Labute approximate surface area is 69.6 Å². The SMILES string of the molecule is C[N+]1=C(I)CC=CCC1. The van der Waals surface area contributed by atoms with Gasteiger partial charge in [0.15, 0.2) is 0 Å². The Bertz CT molecular complexity index is 158. The summed E-state index contributed by atoms with van der Waals surface area (Å²) in [6.45, 7) is 1.18. The molecule has 0 aromatic carbocycles. The van der Waals surface area contributed by atoms with Crippen molar-refractivity contribution < 1.29 is 4.58 Å². The highest BCUT2D eigenvalue weighted by molar-refractivity contribution is 14.1. The topological polar surface area (TPSA) is 3.01 Å². The summed E-state index contributed by atoms with van der Waals surface area (Å²) in [4.78, 5) is 0. The Hall–Kier alpha value is 0.140. The lowest BCUT2D eigenvalue weighted by Crippen LogP contribution is -2.10. The molecule has 0 amide bonds. The van der Waals surface area contributed by atoms with Crippen molar-refractivity contribution in [1.82, 2.24) is 0 Å². The van der Waals surface area contributed by atoms with Gasteiger partial charge in [-0.05, 0) is 0 Å². The molecule has 9 heavy (non-hydrogen) atoms. The van der Waals surface area contributed by atoms with Gasteiger partial charge in [0.05, 0.1) is 6.42 Å². The van der Waals surface area contributed by atoms with Crippen molar-refractivity contribution in [3.05, 3.63) is 12.2 Å². The van der Waals surface area contributed by atoms with Gasteiger partial charge in [0, 0.05) is 29.0 Å². The zero-order chi connectivity index (χ0) is 6.69. The van der Waals surface area contributed by atoms with E-state index in [4.69, 9.17) is 0 Å². The third kappa shape index (κ3) is 2.08. The molecule has 0 radical (unpaired) electrons. The average Bonchev–Trinajstić information content (AvgIpc) is 1.99. The number of halogens is 1.